The molecule has 2 rings (SSSR count). The minimum Gasteiger partial charge on any atom is -0.497 e. The topological polar surface area (TPSA) is 27.7 Å². The van der Waals surface area contributed by atoms with Crippen molar-refractivity contribution in [2.45, 2.75) is 6.92 Å². The van der Waals surface area contributed by atoms with Crippen molar-refractivity contribution >= 4 is 11.6 Å². The summed E-state index contributed by atoms with van der Waals surface area (Å²) in [5, 5.41) is 0.689. The van der Waals surface area contributed by atoms with Gasteiger partial charge in [-0.3, -0.25) is 0 Å². The van der Waals surface area contributed by atoms with Gasteiger partial charge in [0, 0.05) is 16.7 Å². The highest BCUT2D eigenvalue weighted by Gasteiger charge is 1.99. The quantitative estimate of drug-likeness (QED) is 0.735. The van der Waals surface area contributed by atoms with Crippen molar-refractivity contribution in [3.8, 4) is 29.1 Å². The maximum atomic E-state index is 5.84. The van der Waals surface area contributed by atoms with Crippen molar-refractivity contribution in [1.82, 2.24) is 0 Å². The van der Waals surface area contributed by atoms with Gasteiger partial charge in [0.1, 0.15) is 23.9 Å². The van der Waals surface area contributed by atoms with Crippen LogP contribution in [0.1, 0.15) is 12.5 Å². The molecule has 2 aromatic rings. The number of hydrogen-bond donors (Lipinski definition) is 0. The lowest BCUT2D eigenvalue weighted by Gasteiger charge is -2.04. The lowest BCUT2D eigenvalue weighted by atomic mass is 10.2. The van der Waals surface area contributed by atoms with Crippen LogP contribution in [0.3, 0.4) is 0 Å². The molecule has 0 aliphatic rings. The van der Waals surface area contributed by atoms with E-state index in [4.69, 9.17) is 25.8 Å². The van der Waals surface area contributed by atoms with Crippen LogP contribution >= 0.6 is 11.6 Å². The van der Waals surface area contributed by atoms with Crippen molar-refractivity contribution in [2.75, 3.05) is 20.8 Å². The largest absolute Gasteiger partial charge is 0.497 e. The summed E-state index contributed by atoms with van der Waals surface area (Å²) >= 11 is 5.84. The Morgan fingerprint density at radius 1 is 1.00 bits per heavy atom. The zero-order valence-corrected chi connectivity index (χ0v) is 14.7. The predicted octanol–water partition coefficient (Wildman–Crippen LogP) is 4.73. The van der Waals surface area contributed by atoms with Crippen LogP contribution in [0.5, 0.6) is 17.2 Å². The predicted molar refractivity (Wildman–Crippen MR) is 97.1 cm³/mol. The number of hydrogen-bond acceptors (Lipinski definition) is 3. The third kappa shape index (κ3) is 5.57. The maximum absolute atomic E-state index is 5.84. The summed E-state index contributed by atoms with van der Waals surface area (Å²) in [5.41, 5.74) is 1.75. The second kappa shape index (κ2) is 8.90. The Bertz CT molecular complexity index is 745. The van der Waals surface area contributed by atoms with Crippen molar-refractivity contribution in [2.24, 2.45) is 0 Å². The minimum atomic E-state index is 0.448. The van der Waals surface area contributed by atoms with Crippen LogP contribution in [0, 0.1) is 11.8 Å². The summed E-state index contributed by atoms with van der Waals surface area (Å²) in [7, 11) is 3.23. The zero-order valence-electron chi connectivity index (χ0n) is 13.9. The highest BCUT2D eigenvalue weighted by atomic mass is 35.5. The van der Waals surface area contributed by atoms with Gasteiger partial charge in [0.2, 0.25) is 0 Å². The van der Waals surface area contributed by atoms with Crippen LogP contribution in [-0.4, -0.2) is 20.8 Å². The third-order valence-corrected chi connectivity index (χ3v) is 3.46. The smallest absolute Gasteiger partial charge is 0.123 e. The number of rotatable bonds is 5. The summed E-state index contributed by atoms with van der Waals surface area (Å²) < 4.78 is 16.1. The van der Waals surface area contributed by atoms with Gasteiger partial charge in [-0.1, -0.05) is 23.4 Å². The molecule has 3 nitrogen and oxygen atoms in total. The molecule has 0 saturated heterocycles. The molecular weight excluding hydrogens is 324 g/mol. The van der Waals surface area contributed by atoms with Gasteiger partial charge in [-0.25, -0.2) is 0 Å². The first-order chi connectivity index (χ1) is 11.6. The van der Waals surface area contributed by atoms with Crippen molar-refractivity contribution in [3.63, 3.8) is 0 Å². The van der Waals surface area contributed by atoms with Gasteiger partial charge >= 0.3 is 0 Å². The first-order valence-corrected chi connectivity index (χ1v) is 7.78. The van der Waals surface area contributed by atoms with E-state index < -0.39 is 0 Å². The highest BCUT2D eigenvalue weighted by Crippen LogP contribution is 2.21. The second-order valence-electron chi connectivity index (χ2n) is 5.00. The van der Waals surface area contributed by atoms with E-state index >= 15 is 0 Å². The highest BCUT2D eigenvalue weighted by molar-refractivity contribution is 6.30. The molecule has 24 heavy (non-hydrogen) atoms. The van der Waals surface area contributed by atoms with Crippen LogP contribution in [0.4, 0.5) is 0 Å². The van der Waals surface area contributed by atoms with E-state index in [2.05, 4.69) is 11.8 Å². The van der Waals surface area contributed by atoms with Crippen molar-refractivity contribution in [1.29, 1.82) is 0 Å². The monoisotopic (exact) mass is 342 g/mol. The fourth-order valence-corrected chi connectivity index (χ4v) is 2.02. The summed E-state index contributed by atoms with van der Waals surface area (Å²) in [6, 6.07) is 12.8. The molecule has 0 saturated carbocycles. The number of halogens is 1. The zero-order chi connectivity index (χ0) is 17.4. The third-order valence-electron chi connectivity index (χ3n) is 3.21. The Labute approximate surface area is 147 Å². The summed E-state index contributed by atoms with van der Waals surface area (Å²) in [6.45, 7) is 2.39. The van der Waals surface area contributed by atoms with E-state index in [0.29, 0.717) is 23.1 Å². The number of allylic oxidation sites excluding steroid dienone is 1. The minimum absolute atomic E-state index is 0.448. The van der Waals surface area contributed by atoms with Crippen LogP contribution in [-0.2, 0) is 0 Å². The molecule has 0 amide bonds. The van der Waals surface area contributed by atoms with Crippen LogP contribution < -0.4 is 14.2 Å². The molecule has 0 heterocycles. The van der Waals surface area contributed by atoms with Gasteiger partial charge in [0.25, 0.3) is 0 Å². The van der Waals surface area contributed by atoms with Gasteiger partial charge in [-0.15, -0.1) is 0 Å². The fraction of sp³-hybridized carbons (Fsp3) is 0.200. The molecule has 0 spiro atoms. The summed E-state index contributed by atoms with van der Waals surface area (Å²) in [6.07, 6.45) is 1.93. The van der Waals surface area contributed by atoms with E-state index in [0.717, 1.165) is 16.9 Å². The van der Waals surface area contributed by atoms with Crippen LogP contribution in [0.25, 0.3) is 0 Å². The second-order valence-corrected chi connectivity index (χ2v) is 5.44. The van der Waals surface area contributed by atoms with E-state index in [9.17, 15) is 0 Å². The summed E-state index contributed by atoms with van der Waals surface area (Å²) in [5.74, 6) is 8.40. The fourth-order valence-electron chi connectivity index (χ4n) is 1.90. The lowest BCUT2D eigenvalue weighted by Crippen LogP contribution is -1.94. The molecule has 0 radical (unpaired) electrons. The maximum Gasteiger partial charge on any atom is 0.123 e. The molecule has 2 aromatic carbocycles. The normalized spacial score (nSPS) is 10.6. The molecule has 0 unspecified atom stereocenters. The van der Waals surface area contributed by atoms with E-state index in [1.807, 2.05) is 43.3 Å². The molecule has 0 aromatic heterocycles. The van der Waals surface area contributed by atoms with Gasteiger partial charge in [0.15, 0.2) is 0 Å². The Hall–Kier alpha value is -2.57. The van der Waals surface area contributed by atoms with E-state index in [1.165, 1.54) is 0 Å². The number of ether oxygens (including phenoxy) is 3. The Kier molecular flexibility index (Phi) is 6.60. The van der Waals surface area contributed by atoms with Crippen molar-refractivity contribution < 1.29 is 14.2 Å². The average Bonchev–Trinajstić information content (AvgIpc) is 2.61. The van der Waals surface area contributed by atoms with Gasteiger partial charge in [0.05, 0.1) is 14.2 Å². The number of methoxy groups -OCH3 is 2. The molecular formula is C20H19ClO3. The molecule has 4 heteroatoms. The molecule has 0 N–H and O–H groups in total. The molecule has 0 aliphatic carbocycles. The van der Waals surface area contributed by atoms with E-state index in [-0.39, 0.29) is 0 Å². The Balaban J connectivity index is 2.00. The SMILES string of the molecule is COc1cc(C#CC(C)=CCOc2ccc(Cl)cc2)cc(OC)c1. The summed E-state index contributed by atoms with van der Waals surface area (Å²) in [4.78, 5) is 0. The lowest BCUT2D eigenvalue weighted by molar-refractivity contribution is 0.362. The van der Waals surface area contributed by atoms with Crippen LogP contribution in [0.2, 0.25) is 5.02 Å². The first kappa shape index (κ1) is 17.8. The van der Waals surface area contributed by atoms with Crippen LogP contribution in [0.15, 0.2) is 54.1 Å². The molecule has 0 atom stereocenters. The number of benzene rings is 2. The molecule has 0 aliphatic heterocycles. The standard InChI is InChI=1S/C20H19ClO3/c1-15(10-11-24-18-8-6-17(21)7-9-18)4-5-16-12-19(22-2)14-20(13-16)23-3/h6-10,12-14H,11H2,1-3H3. The van der Waals surface area contributed by atoms with E-state index in [1.54, 1.807) is 26.4 Å². The molecule has 124 valence electrons. The molecule has 0 bridgehead atoms. The molecule has 0 fully saturated rings. The van der Waals surface area contributed by atoms with Gasteiger partial charge in [-0.2, -0.15) is 0 Å². The Morgan fingerprint density at radius 3 is 2.21 bits per heavy atom. The Morgan fingerprint density at radius 2 is 1.62 bits per heavy atom. The van der Waals surface area contributed by atoms with Crippen molar-refractivity contribution in [3.05, 3.63) is 64.7 Å². The first-order valence-electron chi connectivity index (χ1n) is 7.41. The average molecular weight is 343 g/mol. The van der Waals surface area contributed by atoms with Gasteiger partial charge < -0.3 is 14.2 Å². The van der Waals surface area contributed by atoms with Gasteiger partial charge in [-0.05, 0) is 55.0 Å².